The van der Waals surface area contributed by atoms with E-state index in [2.05, 4.69) is 20.2 Å². The second kappa shape index (κ2) is 1.76. The summed E-state index contributed by atoms with van der Waals surface area (Å²) >= 11 is 0. The third kappa shape index (κ3) is 0.586. The van der Waals surface area contributed by atoms with Gasteiger partial charge in [-0.15, -0.1) is 5.10 Å². The normalized spacial score (nSPS) is 10.5. The van der Waals surface area contributed by atoms with Crippen LogP contribution in [0.15, 0.2) is 12.5 Å². The van der Waals surface area contributed by atoms with E-state index in [1.54, 1.807) is 12.5 Å². The minimum atomic E-state index is 0. The summed E-state index contributed by atoms with van der Waals surface area (Å²) in [7, 11) is 0. The molecule has 10 heavy (non-hydrogen) atoms. The second-order valence-corrected chi connectivity index (χ2v) is 2.13. The van der Waals surface area contributed by atoms with Gasteiger partial charge in [0.2, 0.25) is 0 Å². The van der Waals surface area contributed by atoms with E-state index in [0.717, 1.165) is 11.1 Å². The topological polar surface area (TPSA) is 54.5 Å². The Hall–Kier alpha value is -1.45. The highest BCUT2D eigenvalue weighted by Crippen LogP contribution is 2.07. The Morgan fingerprint density at radius 1 is 1.60 bits per heavy atom. The molecule has 4 nitrogen and oxygen atoms in total. The van der Waals surface area contributed by atoms with Gasteiger partial charge in [0.25, 0.3) is 0 Å². The zero-order valence-electron chi connectivity index (χ0n) is 5.50. The third-order valence-corrected chi connectivity index (χ3v) is 1.42. The van der Waals surface area contributed by atoms with Crippen molar-refractivity contribution in [3.8, 4) is 0 Å². The molecule has 2 heterocycles. The molecule has 0 aliphatic heterocycles. The van der Waals surface area contributed by atoms with Crippen LogP contribution in [-0.2, 0) is 0 Å². The van der Waals surface area contributed by atoms with Crippen molar-refractivity contribution in [3.05, 3.63) is 18.1 Å². The van der Waals surface area contributed by atoms with Crippen LogP contribution in [0.3, 0.4) is 0 Å². The van der Waals surface area contributed by atoms with Gasteiger partial charge in [-0.05, 0) is 12.5 Å². The molecule has 0 bridgehead atoms. The van der Waals surface area contributed by atoms with Crippen molar-refractivity contribution in [2.45, 2.75) is 6.92 Å². The summed E-state index contributed by atoms with van der Waals surface area (Å²) in [5.41, 5.74) is 2.72. The van der Waals surface area contributed by atoms with E-state index in [1.165, 1.54) is 0 Å². The second-order valence-electron chi connectivity index (χ2n) is 2.13. The zero-order chi connectivity index (χ0) is 6.97. The van der Waals surface area contributed by atoms with E-state index in [1.807, 2.05) is 6.92 Å². The van der Waals surface area contributed by atoms with Crippen molar-refractivity contribution >= 4 is 11.2 Å². The van der Waals surface area contributed by atoms with Crippen LogP contribution in [0.1, 0.15) is 6.99 Å². The minimum absolute atomic E-state index is 0. The van der Waals surface area contributed by atoms with Crippen LogP contribution < -0.4 is 0 Å². The molecule has 0 radical (unpaired) electrons. The standard InChI is InChI=1S/C6H6N4.H2/c1-4-2-9-10-6-5(4)7-3-8-6;/h2-3H,1H3,(H,7,8,10);1H. The first-order chi connectivity index (χ1) is 4.88. The maximum Gasteiger partial charge on any atom is 0.199 e. The lowest BCUT2D eigenvalue weighted by molar-refractivity contribution is 1.05. The predicted molar refractivity (Wildman–Crippen MR) is 38.5 cm³/mol. The fourth-order valence-corrected chi connectivity index (χ4v) is 0.888. The number of nitrogens with one attached hydrogen (secondary N) is 1. The molecule has 2 rings (SSSR count). The number of rotatable bonds is 0. The maximum absolute atomic E-state index is 3.95. The SMILES string of the molecule is Cc1cnnc2nc[nH]c12.[HH]. The van der Waals surface area contributed by atoms with Gasteiger partial charge in [0, 0.05) is 1.43 Å². The highest BCUT2D eigenvalue weighted by molar-refractivity contribution is 5.72. The summed E-state index contributed by atoms with van der Waals surface area (Å²) in [6.45, 7) is 1.97. The summed E-state index contributed by atoms with van der Waals surface area (Å²) in [4.78, 5) is 6.92. The minimum Gasteiger partial charge on any atom is -0.343 e. The lowest BCUT2D eigenvalue weighted by Gasteiger charge is -1.88. The Kier molecular flexibility index (Phi) is 0.943. The molecule has 0 saturated carbocycles. The fourth-order valence-electron chi connectivity index (χ4n) is 0.888. The van der Waals surface area contributed by atoms with E-state index in [9.17, 15) is 0 Å². The number of nitrogens with zero attached hydrogens (tertiary/aromatic N) is 3. The molecule has 2 aromatic rings. The van der Waals surface area contributed by atoms with Crippen LogP contribution in [-0.4, -0.2) is 20.2 Å². The third-order valence-electron chi connectivity index (χ3n) is 1.42. The molecule has 0 unspecified atom stereocenters. The number of hydrogen-bond donors (Lipinski definition) is 1. The van der Waals surface area contributed by atoms with Crippen LogP contribution in [0.2, 0.25) is 0 Å². The Bertz CT molecular complexity index is 356. The highest BCUT2D eigenvalue weighted by atomic mass is 15.1. The fraction of sp³-hybridized carbons (Fsp3) is 0.167. The summed E-state index contributed by atoms with van der Waals surface area (Å²) in [6, 6.07) is 0. The smallest absolute Gasteiger partial charge is 0.199 e. The molecule has 0 amide bonds. The predicted octanol–water partition coefficient (Wildman–Crippen LogP) is 0.907. The van der Waals surface area contributed by atoms with Gasteiger partial charge in [0.1, 0.15) is 0 Å². The van der Waals surface area contributed by atoms with Crippen LogP contribution in [0.4, 0.5) is 0 Å². The first-order valence-corrected chi connectivity index (χ1v) is 2.99. The Morgan fingerprint density at radius 3 is 3.30 bits per heavy atom. The number of H-pyrrole nitrogens is 1. The van der Waals surface area contributed by atoms with E-state index in [4.69, 9.17) is 0 Å². The molecule has 0 atom stereocenters. The monoisotopic (exact) mass is 136 g/mol. The summed E-state index contributed by atoms with van der Waals surface area (Å²) in [5, 5.41) is 7.56. The summed E-state index contributed by atoms with van der Waals surface area (Å²) < 4.78 is 0. The van der Waals surface area contributed by atoms with Gasteiger partial charge in [-0.2, -0.15) is 5.10 Å². The number of imidazole rings is 1. The number of aryl methyl sites for hydroxylation is 1. The Labute approximate surface area is 58.8 Å². The summed E-state index contributed by atoms with van der Waals surface area (Å²) in [5.74, 6) is 0. The van der Waals surface area contributed by atoms with Crippen LogP contribution in [0.25, 0.3) is 11.2 Å². The lowest BCUT2D eigenvalue weighted by atomic mass is 10.3. The van der Waals surface area contributed by atoms with Crippen LogP contribution >= 0.6 is 0 Å². The van der Waals surface area contributed by atoms with E-state index < -0.39 is 0 Å². The van der Waals surface area contributed by atoms with Crippen molar-refractivity contribution in [1.29, 1.82) is 0 Å². The van der Waals surface area contributed by atoms with Crippen LogP contribution in [0.5, 0.6) is 0 Å². The molecular formula is C6H8N4. The van der Waals surface area contributed by atoms with Gasteiger partial charge in [0.05, 0.1) is 18.0 Å². The van der Waals surface area contributed by atoms with E-state index >= 15 is 0 Å². The van der Waals surface area contributed by atoms with E-state index in [-0.39, 0.29) is 1.43 Å². The molecule has 4 heteroatoms. The Morgan fingerprint density at radius 2 is 2.50 bits per heavy atom. The number of fused-ring (bicyclic) bond motifs is 1. The van der Waals surface area contributed by atoms with Crippen molar-refractivity contribution in [2.75, 3.05) is 0 Å². The molecule has 52 valence electrons. The van der Waals surface area contributed by atoms with Crippen molar-refractivity contribution in [2.24, 2.45) is 0 Å². The average molecular weight is 136 g/mol. The molecular weight excluding hydrogens is 128 g/mol. The van der Waals surface area contributed by atoms with Crippen molar-refractivity contribution in [1.82, 2.24) is 20.2 Å². The highest BCUT2D eigenvalue weighted by Gasteiger charge is 1.98. The van der Waals surface area contributed by atoms with Gasteiger partial charge in [-0.1, -0.05) is 0 Å². The molecule has 2 aromatic heterocycles. The number of aromatic amines is 1. The van der Waals surface area contributed by atoms with Gasteiger partial charge >= 0.3 is 0 Å². The summed E-state index contributed by atoms with van der Waals surface area (Å²) in [6.07, 6.45) is 3.33. The first-order valence-electron chi connectivity index (χ1n) is 2.99. The van der Waals surface area contributed by atoms with E-state index in [0.29, 0.717) is 5.65 Å². The zero-order valence-corrected chi connectivity index (χ0v) is 5.50. The van der Waals surface area contributed by atoms with Crippen LogP contribution in [0, 0.1) is 6.92 Å². The molecule has 0 aliphatic carbocycles. The van der Waals surface area contributed by atoms with Crippen molar-refractivity contribution < 1.29 is 1.43 Å². The van der Waals surface area contributed by atoms with Gasteiger partial charge in [0.15, 0.2) is 5.65 Å². The molecule has 0 fully saturated rings. The first kappa shape index (κ1) is 5.34. The quantitative estimate of drug-likeness (QED) is 0.585. The Balaban J connectivity index is 0.000000605. The molecule has 1 N–H and O–H groups in total. The van der Waals surface area contributed by atoms with Crippen molar-refractivity contribution in [3.63, 3.8) is 0 Å². The molecule has 0 spiro atoms. The maximum atomic E-state index is 3.95. The van der Waals surface area contributed by atoms with Gasteiger partial charge in [-0.3, -0.25) is 0 Å². The molecule has 0 aromatic carbocycles. The van der Waals surface area contributed by atoms with Gasteiger partial charge in [-0.25, -0.2) is 4.98 Å². The molecule has 0 saturated heterocycles. The largest absolute Gasteiger partial charge is 0.343 e. The average Bonchev–Trinajstić information content (AvgIpc) is 2.36. The number of aromatic nitrogens is 4. The molecule has 0 aliphatic rings. The number of hydrogen-bond acceptors (Lipinski definition) is 3. The van der Waals surface area contributed by atoms with Gasteiger partial charge < -0.3 is 4.98 Å². The lowest BCUT2D eigenvalue weighted by Crippen LogP contribution is -1.84.